The van der Waals surface area contributed by atoms with Crippen LogP contribution in [0.3, 0.4) is 0 Å². The minimum Gasteiger partial charge on any atom is -0.465 e. The maximum Gasteiger partial charge on any atom is 0.319 e. The van der Waals surface area contributed by atoms with Crippen LogP contribution >= 0.6 is 0 Å². The van der Waals surface area contributed by atoms with Gasteiger partial charge in [-0.25, -0.2) is 0 Å². The predicted molar refractivity (Wildman–Crippen MR) is 72.1 cm³/mol. The average molecular weight is 257 g/mol. The average Bonchev–Trinajstić information content (AvgIpc) is 2.24. The first-order valence-electron chi connectivity index (χ1n) is 6.74. The molecule has 0 aliphatic carbocycles. The van der Waals surface area contributed by atoms with E-state index in [1.807, 2.05) is 34.6 Å². The third-order valence-corrected chi connectivity index (χ3v) is 2.82. The molecule has 0 radical (unpaired) electrons. The highest BCUT2D eigenvalue weighted by Gasteiger charge is 2.40. The van der Waals surface area contributed by atoms with Crippen molar-refractivity contribution in [1.29, 1.82) is 0 Å². The van der Waals surface area contributed by atoms with E-state index >= 15 is 0 Å². The number of amides is 1. The van der Waals surface area contributed by atoms with Gasteiger partial charge in [-0.1, -0.05) is 27.7 Å². The van der Waals surface area contributed by atoms with Gasteiger partial charge in [0.05, 0.1) is 6.61 Å². The second kappa shape index (κ2) is 7.39. The molecular weight excluding hydrogens is 230 g/mol. The van der Waals surface area contributed by atoms with Crippen molar-refractivity contribution in [2.45, 2.75) is 48.0 Å². The molecule has 4 nitrogen and oxygen atoms in total. The summed E-state index contributed by atoms with van der Waals surface area (Å²) in [5.74, 6) is -1.25. The number of carbonyl (C=O) groups is 2. The highest BCUT2D eigenvalue weighted by Crippen LogP contribution is 2.29. The van der Waals surface area contributed by atoms with Crippen molar-refractivity contribution in [1.82, 2.24) is 4.90 Å². The highest BCUT2D eigenvalue weighted by molar-refractivity contribution is 5.98. The molecule has 0 aliphatic rings. The van der Waals surface area contributed by atoms with E-state index in [1.165, 1.54) is 0 Å². The molecule has 0 rings (SSSR count). The number of carbonyl (C=O) groups excluding carboxylic acids is 2. The maximum atomic E-state index is 12.5. The molecule has 0 bridgehead atoms. The number of nitrogens with zero attached hydrogens (tertiary/aromatic N) is 1. The van der Waals surface area contributed by atoms with Gasteiger partial charge < -0.3 is 9.64 Å². The molecule has 0 aromatic heterocycles. The quantitative estimate of drug-likeness (QED) is 0.542. The van der Waals surface area contributed by atoms with Gasteiger partial charge in [-0.15, -0.1) is 0 Å². The van der Waals surface area contributed by atoms with Crippen molar-refractivity contribution < 1.29 is 14.3 Å². The number of hydrogen-bond donors (Lipinski definition) is 0. The first kappa shape index (κ1) is 16.9. The van der Waals surface area contributed by atoms with E-state index in [1.54, 1.807) is 11.8 Å². The highest BCUT2D eigenvalue weighted by atomic mass is 16.5. The first-order chi connectivity index (χ1) is 8.29. The topological polar surface area (TPSA) is 46.6 Å². The number of rotatable bonds is 6. The van der Waals surface area contributed by atoms with E-state index in [0.717, 1.165) is 6.42 Å². The van der Waals surface area contributed by atoms with Crippen LogP contribution in [0.1, 0.15) is 48.0 Å². The third-order valence-electron chi connectivity index (χ3n) is 2.82. The lowest BCUT2D eigenvalue weighted by atomic mass is 9.79. The summed E-state index contributed by atoms with van der Waals surface area (Å²) in [6.45, 7) is 13.0. The monoisotopic (exact) mass is 257 g/mol. The zero-order chi connectivity index (χ0) is 14.3. The molecule has 18 heavy (non-hydrogen) atoms. The van der Waals surface area contributed by atoms with Gasteiger partial charge in [-0.2, -0.15) is 0 Å². The Morgan fingerprint density at radius 2 is 1.72 bits per heavy atom. The maximum absolute atomic E-state index is 12.5. The summed E-state index contributed by atoms with van der Waals surface area (Å²) >= 11 is 0. The van der Waals surface area contributed by atoms with Crippen LogP contribution in [0.15, 0.2) is 0 Å². The van der Waals surface area contributed by atoms with Crippen LogP contribution in [0.4, 0.5) is 0 Å². The van der Waals surface area contributed by atoms with Gasteiger partial charge in [0.1, 0.15) is 5.92 Å². The van der Waals surface area contributed by atoms with Crippen molar-refractivity contribution in [2.24, 2.45) is 11.3 Å². The Hall–Kier alpha value is -1.06. The number of ether oxygens (including phenoxy) is 1. The van der Waals surface area contributed by atoms with E-state index in [0.29, 0.717) is 19.7 Å². The zero-order valence-electron chi connectivity index (χ0n) is 12.6. The van der Waals surface area contributed by atoms with Gasteiger partial charge in [-0.05, 0) is 25.7 Å². The molecule has 0 aromatic carbocycles. The summed E-state index contributed by atoms with van der Waals surface area (Å²) in [5, 5.41) is 0. The summed E-state index contributed by atoms with van der Waals surface area (Å²) in [5.41, 5.74) is -0.426. The Morgan fingerprint density at radius 1 is 1.17 bits per heavy atom. The molecule has 0 saturated heterocycles. The van der Waals surface area contributed by atoms with Gasteiger partial charge in [0.15, 0.2) is 0 Å². The Kier molecular flexibility index (Phi) is 6.96. The smallest absolute Gasteiger partial charge is 0.319 e. The summed E-state index contributed by atoms with van der Waals surface area (Å²) in [4.78, 5) is 26.2. The van der Waals surface area contributed by atoms with Crippen LogP contribution < -0.4 is 0 Å². The normalized spacial score (nSPS) is 13.0. The zero-order valence-corrected chi connectivity index (χ0v) is 12.6. The molecule has 106 valence electrons. The molecule has 0 aromatic rings. The van der Waals surface area contributed by atoms with Gasteiger partial charge in [-0.3, -0.25) is 9.59 Å². The number of esters is 1. The molecule has 0 saturated carbocycles. The van der Waals surface area contributed by atoms with Crippen LogP contribution in [0.2, 0.25) is 0 Å². The standard InChI is InChI=1S/C14H27NO3/c1-7-10-15(8-2)12(16)11(14(4,5)6)13(17)18-9-3/h11H,7-10H2,1-6H3. The largest absolute Gasteiger partial charge is 0.465 e. The SMILES string of the molecule is CCCN(CC)C(=O)C(C(=O)OCC)C(C)(C)C. The Balaban J connectivity index is 5.07. The van der Waals surface area contributed by atoms with Crippen LogP contribution in [0.25, 0.3) is 0 Å². The lowest BCUT2D eigenvalue weighted by Crippen LogP contribution is -2.46. The third kappa shape index (κ3) is 4.67. The fourth-order valence-corrected chi connectivity index (χ4v) is 1.93. The van der Waals surface area contributed by atoms with Gasteiger partial charge in [0.25, 0.3) is 0 Å². The van der Waals surface area contributed by atoms with Crippen molar-refractivity contribution in [3.8, 4) is 0 Å². The van der Waals surface area contributed by atoms with Crippen molar-refractivity contribution in [3.05, 3.63) is 0 Å². The minimum absolute atomic E-state index is 0.120. The van der Waals surface area contributed by atoms with Crippen molar-refractivity contribution in [3.63, 3.8) is 0 Å². The van der Waals surface area contributed by atoms with Gasteiger partial charge in [0, 0.05) is 13.1 Å². The molecule has 0 spiro atoms. The Bertz CT molecular complexity index is 281. The molecule has 1 atom stereocenters. The number of hydrogen-bond acceptors (Lipinski definition) is 3. The van der Waals surface area contributed by atoms with Gasteiger partial charge >= 0.3 is 5.97 Å². The van der Waals surface area contributed by atoms with Crippen LogP contribution in [-0.2, 0) is 14.3 Å². The van der Waals surface area contributed by atoms with Crippen LogP contribution in [0, 0.1) is 11.3 Å². The van der Waals surface area contributed by atoms with E-state index in [2.05, 4.69) is 0 Å². The predicted octanol–water partition coefficient (Wildman–Crippen LogP) is 2.47. The molecule has 4 heteroatoms. The summed E-state index contributed by atoms with van der Waals surface area (Å²) in [6, 6.07) is 0. The first-order valence-corrected chi connectivity index (χ1v) is 6.74. The molecule has 0 fully saturated rings. The molecule has 0 N–H and O–H groups in total. The van der Waals surface area contributed by atoms with Gasteiger partial charge in [0.2, 0.25) is 5.91 Å². The van der Waals surface area contributed by atoms with E-state index in [-0.39, 0.29) is 5.91 Å². The van der Waals surface area contributed by atoms with E-state index < -0.39 is 17.3 Å². The molecule has 0 heterocycles. The van der Waals surface area contributed by atoms with Crippen LogP contribution in [-0.4, -0.2) is 36.5 Å². The minimum atomic E-state index is -0.719. The lowest BCUT2D eigenvalue weighted by Gasteiger charge is -2.32. The van der Waals surface area contributed by atoms with Crippen LogP contribution in [0.5, 0.6) is 0 Å². The van der Waals surface area contributed by atoms with E-state index in [9.17, 15) is 9.59 Å². The Morgan fingerprint density at radius 3 is 2.06 bits per heavy atom. The molecular formula is C14H27NO3. The molecule has 0 aliphatic heterocycles. The Labute approximate surface area is 111 Å². The second-order valence-electron chi connectivity index (χ2n) is 5.47. The van der Waals surface area contributed by atoms with Crippen molar-refractivity contribution in [2.75, 3.05) is 19.7 Å². The second-order valence-corrected chi connectivity index (χ2v) is 5.47. The summed E-state index contributed by atoms with van der Waals surface area (Å²) in [6.07, 6.45) is 0.888. The van der Waals surface area contributed by atoms with Crippen molar-refractivity contribution >= 4 is 11.9 Å². The summed E-state index contributed by atoms with van der Waals surface area (Å²) < 4.78 is 5.04. The summed E-state index contributed by atoms with van der Waals surface area (Å²) in [7, 11) is 0. The van der Waals surface area contributed by atoms with E-state index in [4.69, 9.17) is 4.74 Å². The molecule has 1 amide bonds. The fraction of sp³-hybridized carbons (Fsp3) is 0.857. The fourth-order valence-electron chi connectivity index (χ4n) is 1.93. The lowest BCUT2D eigenvalue weighted by molar-refractivity contribution is -0.160. The molecule has 1 unspecified atom stereocenters.